The van der Waals surface area contributed by atoms with Crippen LogP contribution in [0.1, 0.15) is 33.6 Å². The summed E-state index contributed by atoms with van der Waals surface area (Å²) < 4.78 is 5.17. The summed E-state index contributed by atoms with van der Waals surface area (Å²) in [5.41, 5.74) is 3.49. The Balaban J connectivity index is 2.87. The van der Waals surface area contributed by atoms with Crippen LogP contribution in [0.2, 0.25) is 0 Å². The summed E-state index contributed by atoms with van der Waals surface area (Å²) >= 11 is 0. The van der Waals surface area contributed by atoms with Crippen molar-refractivity contribution < 1.29 is 19.4 Å². The summed E-state index contributed by atoms with van der Waals surface area (Å²) in [5, 5.41) is 9.24. The highest BCUT2D eigenvalue weighted by atomic mass is 16.6. The maximum absolute atomic E-state index is 11.9. The molecule has 1 aliphatic heterocycles. The van der Waals surface area contributed by atoms with E-state index in [0.717, 1.165) is 4.90 Å². The molecule has 1 heterocycles. The number of nitrogens with two attached hydrogens (primary N) is 1. The summed E-state index contributed by atoms with van der Waals surface area (Å²) in [6.45, 7) is 4.91. The number of nitrogens with zero attached hydrogens (tertiary/aromatic N) is 1. The third-order valence-electron chi connectivity index (χ3n) is 2.61. The molecular weight excluding hydrogens is 224 g/mol. The van der Waals surface area contributed by atoms with E-state index >= 15 is 0 Å². The first-order chi connectivity index (χ1) is 7.70. The monoisotopic (exact) mass is 244 g/mol. The smallest absolute Gasteiger partial charge is 0.412 e. The molecule has 1 aliphatic rings. The molecule has 1 unspecified atom stereocenters. The highest BCUT2D eigenvalue weighted by Gasteiger charge is 2.46. The molecule has 0 aromatic heterocycles. The van der Waals surface area contributed by atoms with Crippen LogP contribution in [0.3, 0.4) is 0 Å². The first-order valence-corrected chi connectivity index (χ1v) is 5.64. The Morgan fingerprint density at radius 3 is 2.65 bits per heavy atom. The van der Waals surface area contributed by atoms with Gasteiger partial charge < -0.3 is 15.6 Å². The first kappa shape index (κ1) is 13.9. The van der Waals surface area contributed by atoms with Crippen molar-refractivity contribution in [3.63, 3.8) is 0 Å². The Bertz CT molecular complexity index is 324. The lowest BCUT2D eigenvalue weighted by Gasteiger charge is -2.41. The number of likely N-dealkylation sites (tertiary alicyclic amines) is 1. The fourth-order valence-electron chi connectivity index (χ4n) is 1.71. The van der Waals surface area contributed by atoms with Crippen molar-refractivity contribution >= 4 is 11.9 Å². The van der Waals surface area contributed by atoms with E-state index in [9.17, 15) is 14.7 Å². The molecule has 0 bridgehead atoms. The van der Waals surface area contributed by atoms with E-state index in [1.807, 2.05) is 0 Å². The van der Waals surface area contributed by atoms with E-state index in [0.29, 0.717) is 13.0 Å². The second-order valence-corrected chi connectivity index (χ2v) is 5.24. The van der Waals surface area contributed by atoms with Gasteiger partial charge in [-0.25, -0.2) is 4.79 Å². The molecule has 1 saturated heterocycles. The van der Waals surface area contributed by atoms with E-state index < -0.39 is 24.0 Å². The van der Waals surface area contributed by atoms with Crippen LogP contribution in [0.25, 0.3) is 0 Å². The number of amides is 1. The predicted molar refractivity (Wildman–Crippen MR) is 61.2 cm³/mol. The topological polar surface area (TPSA) is 92.9 Å². The van der Waals surface area contributed by atoms with Gasteiger partial charge in [0, 0.05) is 13.0 Å². The number of ketones is 1. The van der Waals surface area contributed by atoms with Crippen LogP contribution in [0.15, 0.2) is 0 Å². The largest absolute Gasteiger partial charge is 0.444 e. The van der Waals surface area contributed by atoms with Crippen molar-refractivity contribution in [3.05, 3.63) is 0 Å². The van der Waals surface area contributed by atoms with Gasteiger partial charge in [-0.3, -0.25) is 9.69 Å². The lowest BCUT2D eigenvalue weighted by molar-refractivity contribution is -0.137. The number of piperidine rings is 1. The minimum Gasteiger partial charge on any atom is -0.444 e. The van der Waals surface area contributed by atoms with Crippen LogP contribution >= 0.6 is 0 Å². The Labute approximate surface area is 101 Å². The second-order valence-electron chi connectivity index (χ2n) is 5.24. The molecule has 6 nitrogen and oxygen atoms in total. The maximum Gasteiger partial charge on any atom is 0.412 e. The van der Waals surface area contributed by atoms with E-state index in [1.54, 1.807) is 20.8 Å². The summed E-state index contributed by atoms with van der Waals surface area (Å²) in [6, 6.07) is 0. The molecule has 17 heavy (non-hydrogen) atoms. The molecule has 1 fully saturated rings. The summed E-state index contributed by atoms with van der Waals surface area (Å²) in [4.78, 5) is 24.7. The number of carbonyl (C=O) groups is 2. The molecule has 0 aliphatic carbocycles. The lowest BCUT2D eigenvalue weighted by Crippen LogP contribution is -2.68. The van der Waals surface area contributed by atoms with Crippen molar-refractivity contribution in [3.8, 4) is 0 Å². The minimum atomic E-state index is -1.64. The molecule has 0 aromatic carbocycles. The van der Waals surface area contributed by atoms with Crippen molar-refractivity contribution in [2.45, 2.75) is 44.9 Å². The van der Waals surface area contributed by atoms with E-state index in [-0.39, 0.29) is 12.2 Å². The average Bonchev–Trinajstić information content (AvgIpc) is 2.19. The molecule has 0 spiro atoms. The van der Waals surface area contributed by atoms with Crippen molar-refractivity contribution in [2.24, 2.45) is 5.73 Å². The Kier molecular flexibility index (Phi) is 3.78. The molecular formula is C11H20N2O4. The van der Waals surface area contributed by atoms with Gasteiger partial charge in [-0.05, 0) is 27.2 Å². The third kappa shape index (κ3) is 2.95. The van der Waals surface area contributed by atoms with Gasteiger partial charge in [0.25, 0.3) is 0 Å². The van der Waals surface area contributed by atoms with Gasteiger partial charge in [0.1, 0.15) is 5.60 Å². The van der Waals surface area contributed by atoms with Crippen molar-refractivity contribution in [2.75, 3.05) is 13.2 Å². The fraction of sp³-hybridized carbons (Fsp3) is 0.818. The van der Waals surface area contributed by atoms with Crippen molar-refractivity contribution in [1.29, 1.82) is 0 Å². The van der Waals surface area contributed by atoms with Crippen LogP contribution in [-0.2, 0) is 9.53 Å². The molecule has 1 atom stereocenters. The zero-order chi connectivity index (χ0) is 13.3. The van der Waals surface area contributed by atoms with Crippen LogP contribution in [0.5, 0.6) is 0 Å². The maximum atomic E-state index is 11.9. The van der Waals surface area contributed by atoms with Gasteiger partial charge in [-0.1, -0.05) is 0 Å². The van der Waals surface area contributed by atoms with Gasteiger partial charge in [-0.2, -0.15) is 0 Å². The quantitative estimate of drug-likeness (QED) is 0.689. The number of aliphatic hydroxyl groups excluding tert-OH is 1. The molecule has 6 heteroatoms. The van der Waals surface area contributed by atoms with Crippen molar-refractivity contribution in [1.82, 2.24) is 4.90 Å². The molecule has 3 N–H and O–H groups in total. The number of hydrogen-bond donors (Lipinski definition) is 2. The number of ether oxygens (including phenoxy) is 1. The number of hydrogen-bond acceptors (Lipinski definition) is 5. The summed E-state index contributed by atoms with van der Waals surface area (Å²) in [6.07, 6.45) is 0.148. The molecule has 0 saturated carbocycles. The lowest BCUT2D eigenvalue weighted by atomic mass is 9.95. The van der Waals surface area contributed by atoms with Crippen LogP contribution in [0.4, 0.5) is 4.79 Å². The Hall–Kier alpha value is -1.14. The first-order valence-electron chi connectivity index (χ1n) is 5.64. The zero-order valence-electron chi connectivity index (χ0n) is 10.5. The predicted octanol–water partition coefficient (Wildman–Crippen LogP) is 0.234. The van der Waals surface area contributed by atoms with Gasteiger partial charge in [0.05, 0.1) is 6.61 Å². The normalized spacial score (nSPS) is 25.9. The number of rotatable bonds is 1. The SMILES string of the molecule is CC(C)(C)OC(=O)N1CCCC(=O)C1(N)CO. The fourth-order valence-corrected chi connectivity index (χ4v) is 1.71. The standard InChI is InChI=1S/C11H20N2O4/c1-10(2,3)17-9(16)13-6-4-5-8(15)11(13,12)7-14/h14H,4-7,12H2,1-3H3. The van der Waals surface area contributed by atoms with Gasteiger partial charge in [0.2, 0.25) is 0 Å². The summed E-state index contributed by atoms with van der Waals surface area (Å²) in [5.74, 6) is -0.336. The number of carbonyl (C=O) groups excluding carboxylic acids is 2. The molecule has 1 rings (SSSR count). The number of Topliss-reactive ketones (excluding diaryl/α,β-unsaturated/α-hetero) is 1. The Morgan fingerprint density at radius 1 is 1.59 bits per heavy atom. The molecule has 98 valence electrons. The van der Waals surface area contributed by atoms with E-state index in [2.05, 4.69) is 0 Å². The Morgan fingerprint density at radius 2 is 2.18 bits per heavy atom. The van der Waals surface area contributed by atoms with E-state index in [1.165, 1.54) is 0 Å². The van der Waals surface area contributed by atoms with Gasteiger partial charge in [0.15, 0.2) is 11.4 Å². The number of aliphatic hydroxyl groups is 1. The van der Waals surface area contributed by atoms with Crippen LogP contribution in [0, 0.1) is 0 Å². The van der Waals surface area contributed by atoms with Gasteiger partial charge >= 0.3 is 6.09 Å². The highest BCUT2D eigenvalue weighted by Crippen LogP contribution is 2.22. The molecule has 0 aromatic rings. The third-order valence-corrected chi connectivity index (χ3v) is 2.61. The average molecular weight is 244 g/mol. The van der Waals surface area contributed by atoms with Gasteiger partial charge in [-0.15, -0.1) is 0 Å². The van der Waals surface area contributed by atoms with Crippen LogP contribution < -0.4 is 5.73 Å². The summed E-state index contributed by atoms with van der Waals surface area (Å²) in [7, 11) is 0. The van der Waals surface area contributed by atoms with E-state index in [4.69, 9.17) is 10.5 Å². The van der Waals surface area contributed by atoms with Crippen LogP contribution in [-0.4, -0.2) is 46.3 Å². The molecule has 0 radical (unpaired) electrons. The second kappa shape index (κ2) is 4.62. The zero-order valence-corrected chi connectivity index (χ0v) is 10.5. The molecule has 1 amide bonds. The minimum absolute atomic E-state index is 0.274. The highest BCUT2D eigenvalue weighted by molar-refractivity contribution is 5.92.